The van der Waals surface area contributed by atoms with E-state index in [0.717, 1.165) is 66.2 Å². The summed E-state index contributed by atoms with van der Waals surface area (Å²) in [7, 11) is 0. The molecule has 0 atom stereocenters. The summed E-state index contributed by atoms with van der Waals surface area (Å²) in [5, 5.41) is 18.4. The van der Waals surface area contributed by atoms with Crippen molar-refractivity contribution in [2.24, 2.45) is 10.2 Å². The summed E-state index contributed by atoms with van der Waals surface area (Å²) in [5.41, 5.74) is 6.64. The Hall–Kier alpha value is -3.02. The monoisotopic (exact) mass is 699 g/mol. The molecule has 41 heavy (non-hydrogen) atoms. The molecule has 2 heterocycles. The number of thioether (sulfide) groups is 1. The van der Waals surface area contributed by atoms with E-state index < -0.39 is 0 Å². The van der Waals surface area contributed by atoms with Gasteiger partial charge in [0.1, 0.15) is 35.7 Å². The average molecular weight is 702 g/mol. The number of nitrogens with zero attached hydrogens (tertiary/aromatic N) is 7. The fraction of sp³-hybridized carbons (Fsp3) is 0.300. The van der Waals surface area contributed by atoms with Gasteiger partial charge in [0.15, 0.2) is 6.54 Å². The van der Waals surface area contributed by atoms with Crippen LogP contribution < -0.4 is 48.0 Å². The molecule has 216 valence electrons. The summed E-state index contributed by atoms with van der Waals surface area (Å²) in [6, 6.07) is 19.3. The molecule has 5 aromatic rings. The SMILES string of the molecule is CCN(CC)c1ccc2nc3ccc(N=Nc4ccc(O)cc4)cc3[n+](CCn3cc[n+](CCSC)c3)c2c1.[Br-].[Br-]. The molecule has 8 nitrogen and oxygen atoms in total. The van der Waals surface area contributed by atoms with E-state index in [4.69, 9.17) is 4.98 Å². The smallest absolute Gasteiger partial charge is 0.244 e. The van der Waals surface area contributed by atoms with Crippen molar-refractivity contribution >= 4 is 50.9 Å². The normalized spacial score (nSPS) is 11.1. The second kappa shape index (κ2) is 15.3. The van der Waals surface area contributed by atoms with E-state index in [-0.39, 0.29) is 39.7 Å². The number of anilines is 1. The lowest BCUT2D eigenvalue weighted by Gasteiger charge is -2.20. The van der Waals surface area contributed by atoms with Crippen molar-refractivity contribution in [3.8, 4) is 5.75 Å². The summed E-state index contributed by atoms with van der Waals surface area (Å²) >= 11 is 1.86. The van der Waals surface area contributed by atoms with Crippen LogP contribution in [0, 0.1) is 0 Å². The first-order chi connectivity index (χ1) is 19.1. The molecule has 1 N–H and O–H groups in total. The molecule has 0 aliphatic carbocycles. The van der Waals surface area contributed by atoms with Crippen molar-refractivity contribution in [2.75, 3.05) is 30.0 Å². The molecule has 2 aromatic heterocycles. The molecular formula is C30H35Br2N7OS. The van der Waals surface area contributed by atoms with Crippen LogP contribution >= 0.6 is 11.8 Å². The van der Waals surface area contributed by atoms with Gasteiger partial charge in [-0.15, -0.1) is 0 Å². The van der Waals surface area contributed by atoms with E-state index in [0.29, 0.717) is 5.69 Å². The van der Waals surface area contributed by atoms with E-state index >= 15 is 0 Å². The molecule has 0 amide bonds. The molecule has 0 bridgehead atoms. The standard InChI is InChI=1S/C30H34N7OS.2BrH/c1-4-36(5-2)25-9-13-28-30(21-25)37(17-16-34-14-15-35(22-34)18-19-39-3)29-20-24(8-12-27(29)31-28)33-32-23-6-10-26(38)11-7-23;;/h6-15,20-22H,4-5,16-19H2,1-3H3;2*1H/q+1;;/p-1. The van der Waals surface area contributed by atoms with Crippen LogP contribution in [-0.4, -0.2) is 39.8 Å². The molecule has 3 aromatic carbocycles. The zero-order valence-electron chi connectivity index (χ0n) is 23.5. The van der Waals surface area contributed by atoms with Gasteiger partial charge < -0.3 is 44.0 Å². The van der Waals surface area contributed by atoms with Crippen molar-refractivity contribution in [2.45, 2.75) is 33.5 Å². The molecule has 11 heteroatoms. The Morgan fingerprint density at radius 3 is 2.24 bits per heavy atom. The van der Waals surface area contributed by atoms with Crippen molar-refractivity contribution < 1.29 is 48.2 Å². The predicted molar refractivity (Wildman–Crippen MR) is 158 cm³/mol. The van der Waals surface area contributed by atoms with Crippen LogP contribution in [0.4, 0.5) is 17.1 Å². The minimum absolute atomic E-state index is 0. The maximum Gasteiger partial charge on any atom is 0.244 e. The molecular weight excluding hydrogens is 666 g/mol. The van der Waals surface area contributed by atoms with Gasteiger partial charge in [0.25, 0.3) is 0 Å². The average Bonchev–Trinajstić information content (AvgIpc) is 3.42. The van der Waals surface area contributed by atoms with Gasteiger partial charge in [-0.2, -0.15) is 26.6 Å². The Morgan fingerprint density at radius 1 is 0.878 bits per heavy atom. The minimum Gasteiger partial charge on any atom is -1.00 e. The lowest BCUT2D eigenvalue weighted by Crippen LogP contribution is -3.00. The molecule has 0 unspecified atom stereocenters. The number of aromatic hydroxyl groups is 1. The molecule has 0 aliphatic rings. The molecule has 5 rings (SSSR count). The van der Waals surface area contributed by atoms with Crippen LogP contribution in [0.2, 0.25) is 0 Å². The highest BCUT2D eigenvalue weighted by Crippen LogP contribution is 2.25. The van der Waals surface area contributed by atoms with Crippen molar-refractivity contribution in [1.29, 1.82) is 0 Å². The van der Waals surface area contributed by atoms with E-state index in [2.05, 4.69) is 91.9 Å². The van der Waals surface area contributed by atoms with Crippen LogP contribution in [-0.2, 0) is 19.6 Å². The number of hydrogen-bond acceptors (Lipinski definition) is 6. The summed E-state index contributed by atoms with van der Waals surface area (Å²) in [5.74, 6) is 1.30. The van der Waals surface area contributed by atoms with Crippen LogP contribution in [0.25, 0.3) is 22.1 Å². The zero-order chi connectivity index (χ0) is 27.2. The van der Waals surface area contributed by atoms with Gasteiger partial charge in [0.05, 0.1) is 17.9 Å². The Labute approximate surface area is 266 Å². The maximum atomic E-state index is 9.55. The summed E-state index contributed by atoms with van der Waals surface area (Å²) in [6.45, 7) is 8.89. The van der Waals surface area contributed by atoms with Gasteiger partial charge in [0.2, 0.25) is 17.4 Å². The minimum atomic E-state index is 0. The number of halogens is 2. The van der Waals surface area contributed by atoms with E-state index in [1.165, 1.54) is 5.69 Å². The predicted octanol–water partition coefficient (Wildman–Crippen LogP) is -0.197. The maximum absolute atomic E-state index is 9.55. The Bertz CT molecular complexity index is 1600. The number of rotatable bonds is 11. The number of fused-ring (bicyclic) bond motifs is 2. The van der Waals surface area contributed by atoms with Gasteiger partial charge in [-0.05, 0) is 68.6 Å². The number of azo groups is 1. The van der Waals surface area contributed by atoms with E-state index in [9.17, 15) is 5.11 Å². The van der Waals surface area contributed by atoms with Gasteiger partial charge in [-0.3, -0.25) is 0 Å². The van der Waals surface area contributed by atoms with Gasteiger partial charge in [-0.25, -0.2) is 14.1 Å². The number of hydrogen-bond donors (Lipinski definition) is 1. The van der Waals surface area contributed by atoms with Gasteiger partial charge >= 0.3 is 0 Å². The summed E-state index contributed by atoms with van der Waals surface area (Å²) in [4.78, 5) is 7.36. The third-order valence-electron chi connectivity index (χ3n) is 6.88. The highest BCUT2D eigenvalue weighted by Gasteiger charge is 2.20. The van der Waals surface area contributed by atoms with Gasteiger partial charge in [-0.1, -0.05) is 0 Å². The van der Waals surface area contributed by atoms with E-state index in [1.807, 2.05) is 23.9 Å². The van der Waals surface area contributed by atoms with Crippen LogP contribution in [0.3, 0.4) is 0 Å². The molecule has 0 aliphatic heterocycles. The van der Waals surface area contributed by atoms with Crippen molar-refractivity contribution in [1.82, 2.24) is 9.55 Å². The van der Waals surface area contributed by atoms with Crippen LogP contribution in [0.1, 0.15) is 13.8 Å². The zero-order valence-corrected chi connectivity index (χ0v) is 27.5. The topological polar surface area (TPSA) is 73.8 Å². The lowest BCUT2D eigenvalue weighted by molar-refractivity contribution is -0.692. The van der Waals surface area contributed by atoms with Crippen molar-refractivity contribution in [3.05, 3.63) is 79.4 Å². The Kier molecular flexibility index (Phi) is 12.1. The highest BCUT2D eigenvalue weighted by molar-refractivity contribution is 7.98. The Morgan fingerprint density at radius 2 is 1.54 bits per heavy atom. The van der Waals surface area contributed by atoms with Crippen LogP contribution in [0.15, 0.2) is 89.6 Å². The second-order valence-electron chi connectivity index (χ2n) is 9.38. The number of phenolic OH excluding ortho intramolecular Hbond substituents is 1. The molecule has 0 radical (unpaired) electrons. The first-order valence-corrected chi connectivity index (χ1v) is 14.7. The lowest BCUT2D eigenvalue weighted by atomic mass is 10.2. The summed E-state index contributed by atoms with van der Waals surface area (Å²) in [6.07, 6.45) is 8.61. The van der Waals surface area contributed by atoms with E-state index in [1.54, 1.807) is 24.3 Å². The van der Waals surface area contributed by atoms with Crippen molar-refractivity contribution in [3.63, 3.8) is 0 Å². The highest BCUT2D eigenvalue weighted by atomic mass is 79.9. The molecule has 0 saturated heterocycles. The second-order valence-corrected chi connectivity index (χ2v) is 10.4. The number of benzene rings is 3. The molecule has 0 saturated carbocycles. The fourth-order valence-corrected chi connectivity index (χ4v) is 5.14. The number of aryl methyl sites for hydroxylation is 3. The first kappa shape index (κ1) is 32.5. The molecule has 0 fully saturated rings. The first-order valence-electron chi connectivity index (χ1n) is 13.3. The number of phenols is 1. The summed E-state index contributed by atoms with van der Waals surface area (Å²) < 4.78 is 6.84. The fourth-order valence-electron chi connectivity index (χ4n) is 4.74. The largest absolute Gasteiger partial charge is 1.00 e. The number of aromatic nitrogens is 4. The number of imidazole rings is 1. The Balaban J connectivity index is 0.00000231. The third-order valence-corrected chi connectivity index (χ3v) is 7.47. The quantitative estimate of drug-likeness (QED) is 0.118. The third kappa shape index (κ3) is 7.84. The van der Waals surface area contributed by atoms with Gasteiger partial charge in [0, 0.05) is 36.7 Å². The van der Waals surface area contributed by atoms with Crippen LogP contribution in [0.5, 0.6) is 5.75 Å². The molecule has 0 spiro atoms.